The third-order valence-electron chi connectivity index (χ3n) is 5.87. The van der Waals surface area contributed by atoms with Gasteiger partial charge in [0.15, 0.2) is 5.82 Å². The SMILES string of the molecule is CCC(=O)N1Cc2cc(C)ccc2-n2c(nnc2N2CC3(CNC3)C2)C1. The highest BCUT2D eigenvalue weighted by atomic mass is 16.2. The van der Waals surface area contributed by atoms with E-state index in [0.29, 0.717) is 24.9 Å². The summed E-state index contributed by atoms with van der Waals surface area (Å²) in [5.41, 5.74) is 3.89. The van der Waals surface area contributed by atoms with Crippen molar-refractivity contribution in [3.8, 4) is 5.69 Å². The first-order valence-corrected chi connectivity index (χ1v) is 9.36. The summed E-state index contributed by atoms with van der Waals surface area (Å²) in [4.78, 5) is 16.6. The number of nitrogens with one attached hydrogen (secondary N) is 1. The van der Waals surface area contributed by atoms with Crippen molar-refractivity contribution in [1.82, 2.24) is 25.0 Å². The fraction of sp³-hybridized carbons (Fsp3) is 0.526. The monoisotopic (exact) mass is 352 g/mol. The van der Waals surface area contributed by atoms with Crippen molar-refractivity contribution in [2.75, 3.05) is 31.1 Å². The number of aromatic nitrogens is 3. The van der Waals surface area contributed by atoms with Gasteiger partial charge in [-0.15, -0.1) is 10.2 Å². The van der Waals surface area contributed by atoms with Gasteiger partial charge < -0.3 is 15.1 Å². The second-order valence-electron chi connectivity index (χ2n) is 7.95. The first-order valence-electron chi connectivity index (χ1n) is 9.36. The molecule has 1 N–H and O–H groups in total. The molecule has 0 bridgehead atoms. The van der Waals surface area contributed by atoms with Crippen molar-refractivity contribution in [3.63, 3.8) is 0 Å². The molecule has 2 fully saturated rings. The number of amides is 1. The fourth-order valence-corrected chi connectivity index (χ4v) is 4.36. The Labute approximate surface area is 153 Å². The number of carbonyl (C=O) groups excluding carboxylic acids is 1. The maximum atomic E-state index is 12.4. The van der Waals surface area contributed by atoms with Gasteiger partial charge >= 0.3 is 0 Å². The van der Waals surface area contributed by atoms with Crippen LogP contribution in [0.2, 0.25) is 0 Å². The number of hydrogen-bond acceptors (Lipinski definition) is 5. The molecule has 2 aromatic rings. The van der Waals surface area contributed by atoms with E-state index >= 15 is 0 Å². The Bertz CT molecular complexity index is 876. The summed E-state index contributed by atoms with van der Waals surface area (Å²) in [6.07, 6.45) is 0.504. The minimum absolute atomic E-state index is 0.152. The average Bonchev–Trinajstić information content (AvgIpc) is 2.87. The summed E-state index contributed by atoms with van der Waals surface area (Å²) in [5.74, 6) is 1.91. The van der Waals surface area contributed by atoms with Crippen LogP contribution in [-0.4, -0.2) is 51.8 Å². The van der Waals surface area contributed by atoms with Gasteiger partial charge in [0, 0.05) is 44.6 Å². The molecule has 7 heteroatoms. The third kappa shape index (κ3) is 2.26. The summed E-state index contributed by atoms with van der Waals surface area (Å²) < 4.78 is 2.16. The Morgan fingerprint density at radius 2 is 2.04 bits per heavy atom. The average molecular weight is 352 g/mol. The van der Waals surface area contributed by atoms with Gasteiger partial charge in [-0.05, 0) is 18.6 Å². The Morgan fingerprint density at radius 3 is 2.73 bits per heavy atom. The zero-order valence-corrected chi connectivity index (χ0v) is 15.3. The zero-order valence-electron chi connectivity index (χ0n) is 15.3. The molecule has 26 heavy (non-hydrogen) atoms. The van der Waals surface area contributed by atoms with Crippen LogP contribution in [0.15, 0.2) is 18.2 Å². The van der Waals surface area contributed by atoms with Crippen molar-refractivity contribution < 1.29 is 4.79 Å². The molecule has 0 unspecified atom stereocenters. The molecule has 3 aliphatic heterocycles. The van der Waals surface area contributed by atoms with Crippen LogP contribution < -0.4 is 10.2 Å². The van der Waals surface area contributed by atoms with Gasteiger partial charge in [0.1, 0.15) is 0 Å². The third-order valence-corrected chi connectivity index (χ3v) is 5.87. The Morgan fingerprint density at radius 1 is 1.23 bits per heavy atom. The molecule has 1 spiro atoms. The summed E-state index contributed by atoms with van der Waals surface area (Å²) in [6, 6.07) is 6.44. The molecule has 136 valence electrons. The Hall–Kier alpha value is -2.41. The molecule has 0 saturated carbocycles. The highest BCUT2D eigenvalue weighted by molar-refractivity contribution is 5.76. The molecule has 0 atom stereocenters. The fourth-order valence-electron chi connectivity index (χ4n) is 4.36. The first-order chi connectivity index (χ1) is 12.6. The maximum Gasteiger partial charge on any atom is 0.232 e. The van der Waals surface area contributed by atoms with Crippen LogP contribution in [0.3, 0.4) is 0 Å². The number of rotatable bonds is 2. The quantitative estimate of drug-likeness (QED) is 0.881. The predicted octanol–water partition coefficient (Wildman–Crippen LogP) is 1.24. The summed E-state index contributed by atoms with van der Waals surface area (Å²) in [6.45, 7) is 9.38. The van der Waals surface area contributed by atoms with Gasteiger partial charge in [-0.1, -0.05) is 24.6 Å². The Kier molecular flexibility index (Phi) is 3.37. The lowest BCUT2D eigenvalue weighted by atomic mass is 9.75. The van der Waals surface area contributed by atoms with Crippen LogP contribution in [0.5, 0.6) is 0 Å². The molecule has 1 aromatic carbocycles. The molecule has 3 aliphatic rings. The molecule has 7 nitrogen and oxygen atoms in total. The van der Waals surface area contributed by atoms with Gasteiger partial charge in [-0.25, -0.2) is 0 Å². The standard InChI is InChI=1S/C19H24N6O/c1-3-17(26)23-7-14-6-13(2)4-5-15(14)25-16(8-23)21-22-18(25)24-11-19(12-24)9-20-10-19/h4-6,20H,3,7-12H2,1-2H3. The molecule has 0 radical (unpaired) electrons. The highest BCUT2D eigenvalue weighted by Gasteiger charge is 2.49. The first kappa shape index (κ1) is 15.8. The molecule has 2 saturated heterocycles. The molecule has 1 amide bonds. The number of benzene rings is 1. The smallest absolute Gasteiger partial charge is 0.232 e. The lowest BCUT2D eigenvalue weighted by Crippen LogP contribution is -2.71. The largest absolute Gasteiger partial charge is 0.339 e. The molecule has 5 rings (SSSR count). The molecule has 4 heterocycles. The second-order valence-corrected chi connectivity index (χ2v) is 7.95. The van der Waals surface area contributed by atoms with E-state index in [1.807, 2.05) is 11.8 Å². The van der Waals surface area contributed by atoms with Gasteiger partial charge in [-0.3, -0.25) is 9.36 Å². The summed E-state index contributed by atoms with van der Waals surface area (Å²) in [7, 11) is 0. The van der Waals surface area contributed by atoms with Gasteiger partial charge in [0.2, 0.25) is 11.9 Å². The normalized spacial score (nSPS) is 20.1. The van der Waals surface area contributed by atoms with E-state index in [2.05, 4.69) is 50.1 Å². The van der Waals surface area contributed by atoms with E-state index < -0.39 is 0 Å². The van der Waals surface area contributed by atoms with Crippen molar-refractivity contribution in [2.45, 2.75) is 33.4 Å². The van der Waals surface area contributed by atoms with Crippen molar-refractivity contribution in [2.24, 2.45) is 5.41 Å². The lowest BCUT2D eigenvalue weighted by molar-refractivity contribution is -0.132. The van der Waals surface area contributed by atoms with Gasteiger partial charge in [-0.2, -0.15) is 0 Å². The molecular formula is C19H24N6O. The number of anilines is 1. The van der Waals surface area contributed by atoms with E-state index in [9.17, 15) is 4.79 Å². The van der Waals surface area contributed by atoms with Crippen LogP contribution in [0.4, 0.5) is 5.95 Å². The number of aryl methyl sites for hydroxylation is 1. The summed E-state index contributed by atoms with van der Waals surface area (Å²) >= 11 is 0. The van der Waals surface area contributed by atoms with Gasteiger partial charge in [0.25, 0.3) is 0 Å². The van der Waals surface area contributed by atoms with Crippen molar-refractivity contribution in [1.29, 1.82) is 0 Å². The second kappa shape index (κ2) is 5.54. The minimum Gasteiger partial charge on any atom is -0.339 e. The van der Waals surface area contributed by atoms with Crippen LogP contribution in [0.1, 0.15) is 30.3 Å². The molecule has 0 aliphatic carbocycles. The van der Waals surface area contributed by atoms with Crippen LogP contribution in [-0.2, 0) is 17.9 Å². The number of carbonyl (C=O) groups is 1. The minimum atomic E-state index is 0.152. The van der Waals surface area contributed by atoms with Crippen molar-refractivity contribution in [3.05, 3.63) is 35.2 Å². The van der Waals surface area contributed by atoms with E-state index in [0.717, 1.165) is 49.2 Å². The van der Waals surface area contributed by atoms with Crippen LogP contribution >= 0.6 is 0 Å². The number of fused-ring (bicyclic) bond motifs is 3. The van der Waals surface area contributed by atoms with E-state index in [1.165, 1.54) is 5.56 Å². The number of nitrogens with zero attached hydrogens (tertiary/aromatic N) is 5. The molecule has 1 aromatic heterocycles. The highest BCUT2D eigenvalue weighted by Crippen LogP contribution is 2.38. The lowest BCUT2D eigenvalue weighted by Gasteiger charge is -2.56. The molecular weight excluding hydrogens is 328 g/mol. The van der Waals surface area contributed by atoms with E-state index in [1.54, 1.807) is 0 Å². The summed E-state index contributed by atoms with van der Waals surface area (Å²) in [5, 5.41) is 12.3. The van der Waals surface area contributed by atoms with E-state index in [4.69, 9.17) is 0 Å². The zero-order chi connectivity index (χ0) is 17.9. The topological polar surface area (TPSA) is 66.3 Å². The maximum absolute atomic E-state index is 12.4. The van der Waals surface area contributed by atoms with E-state index in [-0.39, 0.29) is 5.91 Å². The van der Waals surface area contributed by atoms with Crippen LogP contribution in [0, 0.1) is 12.3 Å². The van der Waals surface area contributed by atoms with Gasteiger partial charge in [0.05, 0.1) is 12.2 Å². The Balaban J connectivity index is 1.57. The number of hydrogen-bond donors (Lipinski definition) is 1. The predicted molar refractivity (Wildman–Crippen MR) is 98.2 cm³/mol. The van der Waals surface area contributed by atoms with Crippen molar-refractivity contribution >= 4 is 11.9 Å². The van der Waals surface area contributed by atoms with Crippen LogP contribution in [0.25, 0.3) is 5.69 Å².